The first-order valence-corrected chi connectivity index (χ1v) is 8.06. The van der Waals surface area contributed by atoms with Crippen molar-refractivity contribution in [3.8, 4) is 0 Å². The zero-order valence-electron chi connectivity index (χ0n) is 14.0. The molecule has 0 fully saturated rings. The third kappa shape index (κ3) is 3.49. The third-order valence-electron chi connectivity index (χ3n) is 4.23. The fraction of sp³-hybridized carbons (Fsp3) is 0.556. The third-order valence-corrected chi connectivity index (χ3v) is 4.23. The molecule has 4 heteroatoms. The molecular weight excluding hydrogens is 274 g/mol. The van der Waals surface area contributed by atoms with E-state index in [9.17, 15) is 4.79 Å². The van der Waals surface area contributed by atoms with E-state index in [0.29, 0.717) is 11.9 Å². The fourth-order valence-electron chi connectivity index (χ4n) is 3.22. The molecule has 0 saturated carbocycles. The smallest absolute Gasteiger partial charge is 0.257 e. The van der Waals surface area contributed by atoms with Crippen LogP contribution in [0.1, 0.15) is 46.1 Å². The molecule has 4 nitrogen and oxygen atoms in total. The number of aryl methyl sites for hydroxylation is 1. The van der Waals surface area contributed by atoms with Crippen LogP contribution in [0.3, 0.4) is 0 Å². The lowest BCUT2D eigenvalue weighted by Gasteiger charge is -2.28. The van der Waals surface area contributed by atoms with Gasteiger partial charge in [-0.15, -0.1) is 0 Å². The van der Waals surface area contributed by atoms with Gasteiger partial charge in [0.15, 0.2) is 5.96 Å². The van der Waals surface area contributed by atoms with Gasteiger partial charge in [-0.2, -0.15) is 0 Å². The van der Waals surface area contributed by atoms with Gasteiger partial charge in [-0.3, -0.25) is 9.69 Å². The van der Waals surface area contributed by atoms with Gasteiger partial charge in [-0.1, -0.05) is 44.2 Å². The Kier molecular flexibility index (Phi) is 4.89. The van der Waals surface area contributed by atoms with E-state index in [0.717, 1.165) is 19.3 Å². The highest BCUT2D eigenvalue weighted by Gasteiger charge is 2.45. The van der Waals surface area contributed by atoms with E-state index < -0.39 is 5.54 Å². The molecule has 0 bridgehead atoms. The summed E-state index contributed by atoms with van der Waals surface area (Å²) in [7, 11) is 0. The minimum absolute atomic E-state index is 0.0410. The highest BCUT2D eigenvalue weighted by atomic mass is 16.2. The summed E-state index contributed by atoms with van der Waals surface area (Å²) < 4.78 is 0. The molecular formula is C18H27N3O. The van der Waals surface area contributed by atoms with Gasteiger partial charge in [0.1, 0.15) is 5.54 Å². The van der Waals surface area contributed by atoms with Crippen LogP contribution in [0.15, 0.2) is 35.3 Å². The first-order valence-electron chi connectivity index (χ1n) is 8.06. The summed E-state index contributed by atoms with van der Waals surface area (Å²) in [6, 6.07) is 10.4. The average Bonchev–Trinajstić information content (AvgIpc) is 2.66. The zero-order valence-corrected chi connectivity index (χ0v) is 14.0. The first kappa shape index (κ1) is 16.5. The van der Waals surface area contributed by atoms with E-state index in [1.807, 2.05) is 32.0 Å². The Hall–Kier alpha value is -1.84. The second kappa shape index (κ2) is 6.51. The molecule has 1 amide bonds. The van der Waals surface area contributed by atoms with Crippen molar-refractivity contribution in [1.29, 1.82) is 0 Å². The van der Waals surface area contributed by atoms with Crippen molar-refractivity contribution < 1.29 is 4.79 Å². The maximum atomic E-state index is 12.8. The molecule has 1 aliphatic rings. The molecule has 0 spiro atoms. The number of hydrogen-bond donors (Lipinski definition) is 1. The zero-order chi connectivity index (χ0) is 16.3. The number of nitrogens with two attached hydrogens (primary N) is 1. The normalized spacial score (nSPS) is 23.0. The van der Waals surface area contributed by atoms with Crippen molar-refractivity contribution >= 4 is 11.9 Å². The predicted molar refractivity (Wildman–Crippen MR) is 90.6 cm³/mol. The van der Waals surface area contributed by atoms with Gasteiger partial charge in [0, 0.05) is 6.04 Å². The lowest BCUT2D eigenvalue weighted by Crippen LogP contribution is -2.48. The van der Waals surface area contributed by atoms with Crippen molar-refractivity contribution in [2.45, 2.75) is 58.5 Å². The van der Waals surface area contributed by atoms with Crippen molar-refractivity contribution in [1.82, 2.24) is 4.90 Å². The van der Waals surface area contributed by atoms with Crippen LogP contribution in [0.2, 0.25) is 0 Å². The number of aliphatic imine (C=N–C) groups is 1. The van der Waals surface area contributed by atoms with Crippen LogP contribution in [-0.4, -0.2) is 28.3 Å². The lowest BCUT2D eigenvalue weighted by molar-refractivity contribution is -0.132. The van der Waals surface area contributed by atoms with Crippen LogP contribution in [0.25, 0.3) is 0 Å². The van der Waals surface area contributed by atoms with Crippen LogP contribution in [0.4, 0.5) is 0 Å². The summed E-state index contributed by atoms with van der Waals surface area (Å²) in [4.78, 5) is 18.9. The summed E-state index contributed by atoms with van der Waals surface area (Å²) in [6.45, 7) is 8.15. The van der Waals surface area contributed by atoms with Crippen LogP contribution < -0.4 is 5.73 Å². The Morgan fingerprint density at radius 2 is 1.86 bits per heavy atom. The van der Waals surface area contributed by atoms with E-state index in [1.54, 1.807) is 4.90 Å². The minimum atomic E-state index is -0.695. The summed E-state index contributed by atoms with van der Waals surface area (Å²) >= 11 is 0. The standard InChI is InChI=1S/C18H27N3O/c1-13(2)12-18(4)16(22)21(17(19)20-18)14(3)10-11-15-8-6-5-7-9-15/h5-9,13-14H,10-12H2,1-4H3,(H2,19,20). The van der Waals surface area contributed by atoms with E-state index in [-0.39, 0.29) is 11.9 Å². The Balaban J connectivity index is 2.03. The number of hydrogen-bond acceptors (Lipinski definition) is 3. The molecule has 0 saturated heterocycles. The second-order valence-electron chi connectivity index (χ2n) is 6.89. The summed E-state index contributed by atoms with van der Waals surface area (Å²) in [5.41, 5.74) is 6.63. The molecule has 2 N–H and O–H groups in total. The second-order valence-corrected chi connectivity index (χ2v) is 6.89. The number of amides is 1. The quantitative estimate of drug-likeness (QED) is 0.878. The molecule has 120 valence electrons. The Labute approximate surface area is 133 Å². The number of guanidine groups is 1. The molecule has 0 aromatic heterocycles. The molecule has 1 heterocycles. The van der Waals surface area contributed by atoms with Crippen LogP contribution in [0.5, 0.6) is 0 Å². The van der Waals surface area contributed by atoms with Crippen molar-refractivity contribution in [3.63, 3.8) is 0 Å². The van der Waals surface area contributed by atoms with Crippen molar-refractivity contribution in [3.05, 3.63) is 35.9 Å². The Bertz CT molecular complexity index is 553. The molecule has 1 aromatic carbocycles. The molecule has 1 aliphatic heterocycles. The Morgan fingerprint density at radius 1 is 1.23 bits per heavy atom. The first-order chi connectivity index (χ1) is 10.3. The fourth-order valence-corrected chi connectivity index (χ4v) is 3.22. The number of carbonyl (C=O) groups is 1. The van der Waals surface area contributed by atoms with Gasteiger partial charge in [0.05, 0.1) is 0 Å². The lowest BCUT2D eigenvalue weighted by atomic mass is 9.90. The van der Waals surface area contributed by atoms with Crippen LogP contribution in [-0.2, 0) is 11.2 Å². The monoisotopic (exact) mass is 301 g/mol. The SMILES string of the molecule is CC(C)CC1(C)N=C(N)N(C(C)CCc2ccccc2)C1=O. The van der Waals surface area contributed by atoms with Gasteiger partial charge in [-0.05, 0) is 44.6 Å². The highest BCUT2D eigenvalue weighted by Crippen LogP contribution is 2.30. The summed E-state index contributed by atoms with van der Waals surface area (Å²) in [6.07, 6.45) is 2.54. The highest BCUT2D eigenvalue weighted by molar-refractivity contribution is 6.06. The number of benzene rings is 1. The van der Waals surface area contributed by atoms with E-state index in [2.05, 4.69) is 31.0 Å². The van der Waals surface area contributed by atoms with E-state index >= 15 is 0 Å². The maximum absolute atomic E-state index is 12.8. The molecule has 2 unspecified atom stereocenters. The molecule has 22 heavy (non-hydrogen) atoms. The van der Waals surface area contributed by atoms with Gasteiger partial charge in [-0.25, -0.2) is 4.99 Å². The van der Waals surface area contributed by atoms with Gasteiger partial charge in [0.2, 0.25) is 0 Å². The van der Waals surface area contributed by atoms with Gasteiger partial charge >= 0.3 is 0 Å². The topological polar surface area (TPSA) is 58.7 Å². The molecule has 2 atom stereocenters. The van der Waals surface area contributed by atoms with Crippen LogP contribution in [0, 0.1) is 5.92 Å². The van der Waals surface area contributed by atoms with E-state index in [1.165, 1.54) is 5.56 Å². The van der Waals surface area contributed by atoms with Crippen LogP contribution >= 0.6 is 0 Å². The molecule has 0 aliphatic carbocycles. The van der Waals surface area contributed by atoms with Gasteiger partial charge in [0.25, 0.3) is 5.91 Å². The average molecular weight is 301 g/mol. The number of nitrogens with zero attached hydrogens (tertiary/aromatic N) is 2. The molecule has 2 rings (SSSR count). The summed E-state index contributed by atoms with van der Waals surface area (Å²) in [5.74, 6) is 0.818. The predicted octanol–water partition coefficient (Wildman–Crippen LogP) is 2.97. The maximum Gasteiger partial charge on any atom is 0.257 e. The summed E-state index contributed by atoms with van der Waals surface area (Å²) in [5, 5.41) is 0. The molecule has 1 aromatic rings. The molecule has 0 radical (unpaired) electrons. The number of rotatable bonds is 6. The number of carbonyl (C=O) groups excluding carboxylic acids is 1. The Morgan fingerprint density at radius 3 is 2.45 bits per heavy atom. The van der Waals surface area contributed by atoms with Gasteiger partial charge < -0.3 is 5.73 Å². The minimum Gasteiger partial charge on any atom is -0.369 e. The van der Waals surface area contributed by atoms with E-state index in [4.69, 9.17) is 5.73 Å². The van der Waals surface area contributed by atoms with Crippen molar-refractivity contribution in [2.24, 2.45) is 16.6 Å². The largest absolute Gasteiger partial charge is 0.369 e. The van der Waals surface area contributed by atoms with Crippen molar-refractivity contribution in [2.75, 3.05) is 0 Å².